The molecule has 0 bridgehead atoms. The van der Waals surface area contributed by atoms with Gasteiger partial charge >= 0.3 is 0 Å². The maximum atomic E-state index is 13.9. The molecule has 10 heteroatoms. The van der Waals surface area contributed by atoms with E-state index in [0.29, 0.717) is 11.4 Å². The summed E-state index contributed by atoms with van der Waals surface area (Å²) >= 11 is 0. The summed E-state index contributed by atoms with van der Waals surface area (Å²) in [4.78, 5) is 13.7. The summed E-state index contributed by atoms with van der Waals surface area (Å²) in [6, 6.07) is 34.7. The largest absolute Gasteiger partial charge is 0.322 e. The Labute approximate surface area is 258 Å². The van der Waals surface area contributed by atoms with Gasteiger partial charge in [0.2, 0.25) is 0 Å². The molecule has 0 aliphatic heterocycles. The Kier molecular flexibility index (Phi) is 8.84. The Morgan fingerprint density at radius 2 is 1.23 bits per heavy atom. The first-order valence-corrected chi connectivity index (χ1v) is 16.7. The van der Waals surface area contributed by atoms with E-state index in [-0.39, 0.29) is 27.6 Å². The van der Waals surface area contributed by atoms with Gasteiger partial charge in [-0.15, -0.1) is 0 Å². The molecule has 8 nitrogen and oxygen atoms in total. The fourth-order valence-corrected chi connectivity index (χ4v) is 7.13. The van der Waals surface area contributed by atoms with Crippen LogP contribution in [0.25, 0.3) is 0 Å². The topological polar surface area (TPSA) is 113 Å². The fraction of sp³-hybridized carbons (Fsp3) is 0.0882. The number of amides is 1. The minimum absolute atomic E-state index is 0.00241. The summed E-state index contributed by atoms with van der Waals surface area (Å²) in [5.41, 5.74) is 3.89. The standard InChI is InChI=1S/C34H31N3O5S2/c1-25-17-18-29(23-26(25)2)36-43(39,40)30-21-19-28(20-22-30)35-34(38)32-15-9-10-16-33(32)37(24-27-11-5-3-6-12-27)44(41,42)31-13-7-4-8-14-31/h3-23,36H,24H2,1-2H3,(H,35,38). The zero-order valence-electron chi connectivity index (χ0n) is 24.1. The van der Waals surface area contributed by atoms with Gasteiger partial charge < -0.3 is 5.32 Å². The summed E-state index contributed by atoms with van der Waals surface area (Å²) in [6.45, 7) is 3.85. The van der Waals surface area contributed by atoms with E-state index >= 15 is 0 Å². The molecule has 5 aromatic carbocycles. The van der Waals surface area contributed by atoms with Gasteiger partial charge in [-0.3, -0.25) is 13.8 Å². The van der Waals surface area contributed by atoms with Gasteiger partial charge in [0.15, 0.2) is 0 Å². The Morgan fingerprint density at radius 1 is 0.636 bits per heavy atom. The van der Waals surface area contributed by atoms with Gasteiger partial charge in [0, 0.05) is 11.4 Å². The lowest BCUT2D eigenvalue weighted by Gasteiger charge is -2.26. The predicted molar refractivity (Wildman–Crippen MR) is 174 cm³/mol. The molecule has 0 unspecified atom stereocenters. The van der Waals surface area contributed by atoms with Crippen LogP contribution in [0, 0.1) is 13.8 Å². The number of benzene rings is 5. The van der Waals surface area contributed by atoms with Gasteiger partial charge in [0.1, 0.15) is 0 Å². The highest BCUT2D eigenvalue weighted by molar-refractivity contribution is 7.93. The molecule has 5 rings (SSSR count). The SMILES string of the molecule is Cc1ccc(NS(=O)(=O)c2ccc(NC(=O)c3ccccc3N(Cc3ccccc3)S(=O)(=O)c3ccccc3)cc2)cc1C. The Hall–Kier alpha value is -4.93. The summed E-state index contributed by atoms with van der Waals surface area (Å²) in [7, 11) is -7.92. The number of aryl methyl sites for hydroxylation is 2. The molecule has 0 saturated carbocycles. The number of nitrogens with one attached hydrogen (secondary N) is 2. The van der Waals surface area contributed by atoms with E-state index in [2.05, 4.69) is 10.0 Å². The second-order valence-electron chi connectivity index (χ2n) is 10.2. The second kappa shape index (κ2) is 12.7. The number of hydrogen-bond donors (Lipinski definition) is 2. The number of rotatable bonds is 10. The van der Waals surface area contributed by atoms with Crippen molar-refractivity contribution in [2.24, 2.45) is 0 Å². The molecule has 0 saturated heterocycles. The Balaban J connectivity index is 1.42. The van der Waals surface area contributed by atoms with E-state index in [1.54, 1.807) is 54.6 Å². The maximum absolute atomic E-state index is 13.9. The van der Waals surface area contributed by atoms with Crippen molar-refractivity contribution < 1.29 is 21.6 Å². The van der Waals surface area contributed by atoms with Gasteiger partial charge in [-0.25, -0.2) is 16.8 Å². The minimum atomic E-state index is -4.05. The molecule has 1 amide bonds. The maximum Gasteiger partial charge on any atom is 0.264 e. The monoisotopic (exact) mass is 625 g/mol. The van der Waals surface area contributed by atoms with Crippen molar-refractivity contribution in [2.75, 3.05) is 14.3 Å². The third kappa shape index (κ3) is 6.82. The summed E-state index contributed by atoms with van der Waals surface area (Å²) in [5, 5.41) is 2.77. The van der Waals surface area contributed by atoms with E-state index in [4.69, 9.17) is 0 Å². The van der Waals surface area contributed by atoms with E-state index in [1.165, 1.54) is 40.7 Å². The number of para-hydroxylation sites is 1. The van der Waals surface area contributed by atoms with Crippen LogP contribution < -0.4 is 14.3 Å². The molecule has 0 aliphatic rings. The van der Waals surface area contributed by atoms with Crippen molar-refractivity contribution >= 4 is 43.0 Å². The highest BCUT2D eigenvalue weighted by atomic mass is 32.2. The highest BCUT2D eigenvalue weighted by Gasteiger charge is 2.28. The van der Waals surface area contributed by atoms with E-state index < -0.39 is 26.0 Å². The van der Waals surface area contributed by atoms with Gasteiger partial charge in [0.05, 0.1) is 27.6 Å². The molecule has 0 aromatic heterocycles. The molecule has 5 aromatic rings. The van der Waals surface area contributed by atoms with E-state index in [1.807, 2.05) is 50.2 Å². The third-order valence-corrected chi connectivity index (χ3v) is 10.3. The van der Waals surface area contributed by atoms with Gasteiger partial charge in [-0.1, -0.05) is 66.7 Å². The molecular weight excluding hydrogens is 595 g/mol. The van der Waals surface area contributed by atoms with Crippen LogP contribution in [-0.4, -0.2) is 22.7 Å². The van der Waals surface area contributed by atoms with Crippen LogP contribution in [0.4, 0.5) is 17.1 Å². The van der Waals surface area contributed by atoms with Gasteiger partial charge in [0.25, 0.3) is 26.0 Å². The Morgan fingerprint density at radius 3 is 1.89 bits per heavy atom. The molecule has 0 radical (unpaired) electrons. The van der Waals surface area contributed by atoms with Crippen molar-refractivity contribution in [1.29, 1.82) is 0 Å². The first kappa shape index (κ1) is 30.5. The van der Waals surface area contributed by atoms with Crippen LogP contribution in [-0.2, 0) is 26.6 Å². The molecule has 44 heavy (non-hydrogen) atoms. The van der Waals surface area contributed by atoms with Crippen LogP contribution in [0.1, 0.15) is 27.0 Å². The molecule has 0 heterocycles. The zero-order chi connectivity index (χ0) is 31.3. The van der Waals surface area contributed by atoms with E-state index in [9.17, 15) is 21.6 Å². The lowest BCUT2D eigenvalue weighted by atomic mass is 10.1. The number of sulfonamides is 2. The summed E-state index contributed by atoms with van der Waals surface area (Å²) in [5.74, 6) is -0.550. The molecule has 0 spiro atoms. The third-order valence-electron chi connectivity index (χ3n) is 7.10. The lowest BCUT2D eigenvalue weighted by molar-refractivity contribution is 0.102. The van der Waals surface area contributed by atoms with Crippen LogP contribution >= 0.6 is 0 Å². The average Bonchev–Trinajstić information content (AvgIpc) is 3.02. The highest BCUT2D eigenvalue weighted by Crippen LogP contribution is 2.30. The Bertz CT molecular complexity index is 2000. The van der Waals surface area contributed by atoms with Gasteiger partial charge in [-0.05, 0) is 91.2 Å². The first-order chi connectivity index (χ1) is 21.0. The van der Waals surface area contributed by atoms with Crippen LogP contribution in [0.3, 0.4) is 0 Å². The quantitative estimate of drug-likeness (QED) is 0.178. The van der Waals surface area contributed by atoms with E-state index in [0.717, 1.165) is 16.7 Å². The molecule has 0 aliphatic carbocycles. The molecule has 0 fully saturated rings. The van der Waals surface area contributed by atoms with Crippen molar-refractivity contribution in [1.82, 2.24) is 0 Å². The van der Waals surface area contributed by atoms with Crippen LogP contribution in [0.15, 0.2) is 137 Å². The van der Waals surface area contributed by atoms with Crippen LogP contribution in [0.2, 0.25) is 0 Å². The first-order valence-electron chi connectivity index (χ1n) is 13.8. The second-order valence-corrected chi connectivity index (χ2v) is 13.8. The lowest BCUT2D eigenvalue weighted by Crippen LogP contribution is -2.32. The zero-order valence-corrected chi connectivity index (χ0v) is 25.8. The molecule has 0 atom stereocenters. The number of anilines is 3. The average molecular weight is 626 g/mol. The number of carbonyl (C=O) groups is 1. The van der Waals surface area contributed by atoms with Crippen molar-refractivity contribution in [3.05, 3.63) is 150 Å². The number of hydrogen-bond acceptors (Lipinski definition) is 5. The normalized spacial score (nSPS) is 11.5. The minimum Gasteiger partial charge on any atom is -0.322 e. The smallest absolute Gasteiger partial charge is 0.264 e. The summed E-state index contributed by atoms with van der Waals surface area (Å²) < 4.78 is 57.5. The molecular formula is C34H31N3O5S2. The van der Waals surface area contributed by atoms with Crippen molar-refractivity contribution in [2.45, 2.75) is 30.2 Å². The molecule has 2 N–H and O–H groups in total. The van der Waals surface area contributed by atoms with Crippen molar-refractivity contribution in [3.63, 3.8) is 0 Å². The van der Waals surface area contributed by atoms with Gasteiger partial charge in [-0.2, -0.15) is 0 Å². The fourth-order valence-electron chi connectivity index (χ4n) is 4.59. The van der Waals surface area contributed by atoms with Crippen molar-refractivity contribution in [3.8, 4) is 0 Å². The molecule has 224 valence electrons. The number of nitrogens with zero attached hydrogens (tertiary/aromatic N) is 1. The van der Waals surface area contributed by atoms with Crippen LogP contribution in [0.5, 0.6) is 0 Å². The number of carbonyl (C=O) groups excluding carboxylic acids is 1. The summed E-state index contributed by atoms with van der Waals surface area (Å²) in [6.07, 6.45) is 0. The predicted octanol–water partition coefficient (Wildman–Crippen LogP) is 6.75.